The summed E-state index contributed by atoms with van der Waals surface area (Å²) in [6.45, 7) is 2.97. The van der Waals surface area contributed by atoms with E-state index >= 15 is 0 Å². The first-order valence-corrected chi connectivity index (χ1v) is 12.4. The van der Waals surface area contributed by atoms with Crippen molar-refractivity contribution >= 4 is 33.0 Å². The summed E-state index contributed by atoms with van der Waals surface area (Å²) >= 11 is 1.55. The number of carbonyl (C=O) groups is 1. The molecular formula is C22H22N2O6S2. The SMILES string of the molecule is CCCc1nc(COC(=O)c2ccc(NS(=O)(=O)c3ccc4c(c3)OCCO4)cc2)cs1. The number of esters is 1. The van der Waals surface area contributed by atoms with Crippen LogP contribution in [0.1, 0.15) is 34.4 Å². The second kappa shape index (κ2) is 9.58. The molecule has 2 heterocycles. The van der Waals surface area contributed by atoms with Crippen molar-refractivity contribution in [3.8, 4) is 11.5 Å². The van der Waals surface area contributed by atoms with E-state index in [1.807, 2.05) is 5.38 Å². The van der Waals surface area contributed by atoms with Crippen LogP contribution in [0.3, 0.4) is 0 Å². The molecule has 0 saturated heterocycles. The number of nitrogens with one attached hydrogen (secondary N) is 1. The van der Waals surface area contributed by atoms with Gasteiger partial charge in [0.15, 0.2) is 11.5 Å². The fraction of sp³-hybridized carbons (Fsp3) is 0.273. The Morgan fingerprint density at radius 1 is 1.12 bits per heavy atom. The van der Waals surface area contributed by atoms with Crippen LogP contribution in [0.15, 0.2) is 52.7 Å². The molecule has 0 bridgehead atoms. The number of anilines is 1. The Hall–Kier alpha value is -3.11. The monoisotopic (exact) mass is 474 g/mol. The summed E-state index contributed by atoms with van der Waals surface area (Å²) in [6, 6.07) is 10.5. The summed E-state index contributed by atoms with van der Waals surface area (Å²) in [5.41, 5.74) is 1.35. The van der Waals surface area contributed by atoms with Gasteiger partial charge in [-0.05, 0) is 49.2 Å². The summed E-state index contributed by atoms with van der Waals surface area (Å²) in [5, 5.41) is 2.90. The van der Waals surface area contributed by atoms with Crippen LogP contribution in [0.5, 0.6) is 11.5 Å². The number of nitrogens with zero attached hydrogens (tertiary/aromatic N) is 1. The number of aromatic nitrogens is 1. The molecule has 4 rings (SSSR count). The van der Waals surface area contributed by atoms with Crippen molar-refractivity contribution in [2.24, 2.45) is 0 Å². The predicted molar refractivity (Wildman–Crippen MR) is 120 cm³/mol. The standard InChI is InChI=1S/C22H22N2O6S2/c1-2-3-21-23-17(14-31-21)13-30-22(25)15-4-6-16(7-5-15)24-32(26,27)18-8-9-19-20(12-18)29-11-10-28-19/h4-9,12,14,24H,2-3,10-11,13H2,1H3. The number of hydrogen-bond acceptors (Lipinski definition) is 8. The van der Waals surface area contributed by atoms with Crippen LogP contribution >= 0.6 is 11.3 Å². The van der Waals surface area contributed by atoms with Gasteiger partial charge in [0.2, 0.25) is 0 Å². The summed E-state index contributed by atoms with van der Waals surface area (Å²) < 4.78 is 44.1. The summed E-state index contributed by atoms with van der Waals surface area (Å²) in [4.78, 5) is 16.8. The Kier molecular flexibility index (Phi) is 6.61. The van der Waals surface area contributed by atoms with Crippen molar-refractivity contribution in [3.05, 3.63) is 64.1 Å². The lowest BCUT2D eigenvalue weighted by molar-refractivity contribution is 0.0468. The van der Waals surface area contributed by atoms with Gasteiger partial charge in [0.1, 0.15) is 19.8 Å². The number of thiazole rings is 1. The van der Waals surface area contributed by atoms with E-state index < -0.39 is 16.0 Å². The first-order chi connectivity index (χ1) is 15.4. The lowest BCUT2D eigenvalue weighted by Gasteiger charge is -2.19. The highest BCUT2D eigenvalue weighted by molar-refractivity contribution is 7.92. The van der Waals surface area contributed by atoms with Crippen molar-refractivity contribution in [2.75, 3.05) is 17.9 Å². The maximum Gasteiger partial charge on any atom is 0.338 e. The van der Waals surface area contributed by atoms with E-state index in [2.05, 4.69) is 16.6 Å². The Morgan fingerprint density at radius 2 is 1.88 bits per heavy atom. The fourth-order valence-corrected chi connectivity index (χ4v) is 5.00. The molecule has 1 N–H and O–H groups in total. The second-order valence-electron chi connectivity index (χ2n) is 7.05. The van der Waals surface area contributed by atoms with Crippen molar-refractivity contribution in [2.45, 2.75) is 31.3 Å². The van der Waals surface area contributed by atoms with Gasteiger partial charge in [-0.15, -0.1) is 11.3 Å². The minimum absolute atomic E-state index is 0.0518. The molecule has 0 saturated carbocycles. The molecule has 2 aromatic carbocycles. The smallest absolute Gasteiger partial charge is 0.338 e. The van der Waals surface area contributed by atoms with Gasteiger partial charge in [0, 0.05) is 17.1 Å². The first kappa shape index (κ1) is 22.1. The van der Waals surface area contributed by atoms with E-state index in [9.17, 15) is 13.2 Å². The number of fused-ring (bicyclic) bond motifs is 1. The lowest BCUT2D eigenvalue weighted by Crippen LogP contribution is -2.17. The van der Waals surface area contributed by atoms with Crippen molar-refractivity contribution in [1.82, 2.24) is 4.98 Å². The third kappa shape index (κ3) is 5.20. The third-order valence-electron chi connectivity index (χ3n) is 4.61. The number of rotatable bonds is 8. The van der Waals surface area contributed by atoms with Crippen LogP contribution in [0.2, 0.25) is 0 Å². The molecule has 0 fully saturated rings. The van der Waals surface area contributed by atoms with E-state index in [0.717, 1.165) is 23.5 Å². The van der Waals surface area contributed by atoms with Crippen molar-refractivity contribution < 1.29 is 27.4 Å². The van der Waals surface area contributed by atoms with Crippen molar-refractivity contribution in [1.29, 1.82) is 0 Å². The van der Waals surface area contributed by atoms with Crippen LogP contribution in [0.4, 0.5) is 5.69 Å². The average molecular weight is 475 g/mol. The molecule has 1 aromatic heterocycles. The Balaban J connectivity index is 1.38. The van der Waals surface area contributed by atoms with Gasteiger partial charge in [-0.2, -0.15) is 0 Å². The third-order valence-corrected chi connectivity index (χ3v) is 6.95. The van der Waals surface area contributed by atoms with Crippen molar-refractivity contribution in [3.63, 3.8) is 0 Å². The van der Waals surface area contributed by atoms with Crippen LogP contribution in [0.25, 0.3) is 0 Å². The summed E-state index contributed by atoms with van der Waals surface area (Å²) in [5.74, 6) is 0.396. The van der Waals surface area contributed by atoms with Gasteiger partial charge in [-0.25, -0.2) is 18.2 Å². The predicted octanol–water partition coefficient (Wildman–Crippen LogP) is 4.02. The van der Waals surface area contributed by atoms with Gasteiger partial charge in [-0.1, -0.05) is 6.92 Å². The Labute approximate surface area is 190 Å². The molecule has 3 aromatic rings. The Bertz CT molecular complexity index is 1210. The van der Waals surface area contributed by atoms with Gasteiger partial charge in [0.05, 0.1) is 21.2 Å². The van der Waals surface area contributed by atoms with E-state index in [1.54, 1.807) is 17.4 Å². The van der Waals surface area contributed by atoms with E-state index in [-0.39, 0.29) is 11.5 Å². The number of sulfonamides is 1. The quantitative estimate of drug-likeness (QED) is 0.492. The summed E-state index contributed by atoms with van der Waals surface area (Å²) in [6.07, 6.45) is 1.92. The average Bonchev–Trinajstić information content (AvgIpc) is 3.25. The topological polar surface area (TPSA) is 104 Å². The molecular weight excluding hydrogens is 452 g/mol. The van der Waals surface area contributed by atoms with Gasteiger partial charge >= 0.3 is 5.97 Å². The van der Waals surface area contributed by atoms with Gasteiger partial charge in [-0.3, -0.25) is 4.72 Å². The summed E-state index contributed by atoms with van der Waals surface area (Å²) in [7, 11) is -3.84. The highest BCUT2D eigenvalue weighted by atomic mass is 32.2. The number of benzene rings is 2. The lowest BCUT2D eigenvalue weighted by atomic mass is 10.2. The van der Waals surface area contributed by atoms with Gasteiger partial charge in [0.25, 0.3) is 10.0 Å². The zero-order valence-electron chi connectivity index (χ0n) is 17.4. The molecule has 0 spiro atoms. The van der Waals surface area contributed by atoms with Crippen LogP contribution in [-0.2, 0) is 27.8 Å². The van der Waals surface area contributed by atoms with E-state index in [0.29, 0.717) is 36.0 Å². The largest absolute Gasteiger partial charge is 0.486 e. The minimum Gasteiger partial charge on any atom is -0.486 e. The molecule has 0 amide bonds. The number of hydrogen-bond donors (Lipinski definition) is 1. The van der Waals surface area contributed by atoms with Crippen LogP contribution in [-0.4, -0.2) is 32.6 Å². The number of carbonyl (C=O) groups excluding carboxylic acids is 1. The fourth-order valence-electron chi connectivity index (χ4n) is 3.05. The molecule has 8 nitrogen and oxygen atoms in total. The number of aryl methyl sites for hydroxylation is 1. The molecule has 0 unspecified atom stereocenters. The number of ether oxygens (including phenoxy) is 3. The van der Waals surface area contributed by atoms with Crippen LogP contribution in [0, 0.1) is 0 Å². The molecule has 0 atom stereocenters. The highest BCUT2D eigenvalue weighted by Crippen LogP contribution is 2.32. The van der Waals surface area contributed by atoms with E-state index in [4.69, 9.17) is 14.2 Å². The molecule has 0 aliphatic carbocycles. The first-order valence-electron chi connectivity index (χ1n) is 10.1. The van der Waals surface area contributed by atoms with Gasteiger partial charge < -0.3 is 14.2 Å². The highest BCUT2D eigenvalue weighted by Gasteiger charge is 2.20. The zero-order chi connectivity index (χ0) is 22.6. The second-order valence-corrected chi connectivity index (χ2v) is 9.67. The molecule has 1 aliphatic heterocycles. The normalized spacial score (nSPS) is 12.9. The Morgan fingerprint density at radius 3 is 2.62 bits per heavy atom. The maximum absolute atomic E-state index is 12.7. The molecule has 32 heavy (non-hydrogen) atoms. The zero-order valence-corrected chi connectivity index (χ0v) is 19.0. The van der Waals surface area contributed by atoms with Crippen LogP contribution < -0.4 is 14.2 Å². The maximum atomic E-state index is 12.7. The molecule has 1 aliphatic rings. The molecule has 168 valence electrons. The molecule has 10 heteroatoms. The minimum atomic E-state index is -3.84. The molecule has 0 radical (unpaired) electrons. The van der Waals surface area contributed by atoms with E-state index in [1.165, 1.54) is 36.4 Å².